The van der Waals surface area contributed by atoms with Crippen molar-refractivity contribution in [1.29, 1.82) is 0 Å². The summed E-state index contributed by atoms with van der Waals surface area (Å²) in [6.45, 7) is 5.41. The summed E-state index contributed by atoms with van der Waals surface area (Å²) in [4.78, 5) is 27.3. The monoisotopic (exact) mass is 345 g/mol. The van der Waals surface area contributed by atoms with Crippen LogP contribution in [-0.2, 0) is 16.0 Å². The van der Waals surface area contributed by atoms with Crippen molar-refractivity contribution >= 4 is 17.6 Å². The van der Waals surface area contributed by atoms with Gasteiger partial charge in [0.15, 0.2) is 5.76 Å². The van der Waals surface area contributed by atoms with Crippen molar-refractivity contribution in [3.63, 3.8) is 0 Å². The Morgan fingerprint density at radius 3 is 2.68 bits per heavy atom. The normalized spacial score (nSPS) is 16.9. The van der Waals surface area contributed by atoms with Gasteiger partial charge in [-0.15, -0.1) is 0 Å². The first-order chi connectivity index (χ1) is 11.8. The third-order valence-corrected chi connectivity index (χ3v) is 4.22. The van der Waals surface area contributed by atoms with Gasteiger partial charge in [0, 0.05) is 6.42 Å². The standard InChI is InChI=1S/C18H23N3O4/c1-4-14-20-13(8-12-7-5-6-10(2)11(12)3)17(24)16(21-14)18(25)19-9-15(22)23/h5-7,14,21,24H,4,8-9H2,1-3H3,(H,19,25)(H,22,23). The number of allylic oxidation sites excluding steroid dienone is 1. The Hall–Kier alpha value is -2.83. The maximum atomic E-state index is 12.2. The van der Waals surface area contributed by atoms with Crippen LogP contribution in [0, 0.1) is 13.8 Å². The minimum Gasteiger partial charge on any atom is -0.504 e. The lowest BCUT2D eigenvalue weighted by atomic mass is 9.97. The van der Waals surface area contributed by atoms with Crippen molar-refractivity contribution in [3.8, 4) is 0 Å². The third kappa shape index (κ3) is 4.37. The number of benzene rings is 1. The van der Waals surface area contributed by atoms with Gasteiger partial charge in [-0.2, -0.15) is 0 Å². The highest BCUT2D eigenvalue weighted by Crippen LogP contribution is 2.19. The van der Waals surface area contributed by atoms with Gasteiger partial charge in [-0.05, 0) is 37.0 Å². The quantitative estimate of drug-likeness (QED) is 0.626. The van der Waals surface area contributed by atoms with Gasteiger partial charge < -0.3 is 20.8 Å². The smallest absolute Gasteiger partial charge is 0.322 e. The Morgan fingerprint density at radius 1 is 1.32 bits per heavy atom. The Labute approximate surface area is 146 Å². The molecular weight excluding hydrogens is 322 g/mol. The largest absolute Gasteiger partial charge is 0.504 e. The van der Waals surface area contributed by atoms with Crippen LogP contribution in [0.3, 0.4) is 0 Å². The number of aliphatic hydroxyl groups excluding tert-OH is 1. The number of nitrogens with one attached hydrogen (secondary N) is 2. The van der Waals surface area contributed by atoms with Gasteiger partial charge >= 0.3 is 5.97 Å². The second-order valence-corrected chi connectivity index (χ2v) is 5.98. The van der Waals surface area contributed by atoms with Crippen LogP contribution in [0.15, 0.2) is 34.6 Å². The molecule has 1 aromatic rings. The number of carboxylic acid groups (broad SMARTS) is 1. The van der Waals surface area contributed by atoms with E-state index in [1.807, 2.05) is 39.0 Å². The van der Waals surface area contributed by atoms with E-state index in [1.54, 1.807) is 0 Å². The van der Waals surface area contributed by atoms with Crippen molar-refractivity contribution in [2.45, 2.75) is 39.8 Å². The summed E-state index contributed by atoms with van der Waals surface area (Å²) in [5, 5.41) is 24.3. The predicted octanol–water partition coefficient (Wildman–Crippen LogP) is 1.60. The maximum Gasteiger partial charge on any atom is 0.322 e. The van der Waals surface area contributed by atoms with Crippen LogP contribution in [0.2, 0.25) is 0 Å². The number of aliphatic imine (C=N–C) groups is 1. The summed E-state index contributed by atoms with van der Waals surface area (Å²) in [5.74, 6) is -2.05. The molecule has 0 radical (unpaired) electrons. The molecule has 1 heterocycles. The Bertz CT molecular complexity index is 753. The summed E-state index contributed by atoms with van der Waals surface area (Å²) in [5.41, 5.74) is 3.65. The van der Waals surface area contributed by atoms with Crippen molar-refractivity contribution in [1.82, 2.24) is 10.6 Å². The van der Waals surface area contributed by atoms with Gasteiger partial charge in [0.25, 0.3) is 5.91 Å². The fourth-order valence-electron chi connectivity index (χ4n) is 2.58. The van der Waals surface area contributed by atoms with Crippen LogP contribution in [0.1, 0.15) is 30.0 Å². The van der Waals surface area contributed by atoms with Crippen LogP contribution < -0.4 is 10.6 Å². The average Bonchev–Trinajstić information content (AvgIpc) is 2.58. The number of carboxylic acids is 1. The molecule has 2 rings (SSSR count). The number of aliphatic carboxylic acids is 1. The van der Waals surface area contributed by atoms with Crippen LogP contribution in [0.25, 0.3) is 0 Å². The van der Waals surface area contributed by atoms with E-state index in [-0.39, 0.29) is 17.6 Å². The molecule has 1 aliphatic heterocycles. The number of carbonyl (C=O) groups excluding carboxylic acids is 1. The first kappa shape index (κ1) is 18.5. The fourth-order valence-corrected chi connectivity index (χ4v) is 2.58. The molecule has 0 saturated heterocycles. The average molecular weight is 345 g/mol. The Balaban J connectivity index is 2.31. The molecule has 1 aromatic carbocycles. The number of hydrogen-bond acceptors (Lipinski definition) is 5. The van der Waals surface area contributed by atoms with E-state index in [1.165, 1.54) is 0 Å². The van der Waals surface area contributed by atoms with E-state index in [0.29, 0.717) is 18.6 Å². The highest BCUT2D eigenvalue weighted by atomic mass is 16.4. The lowest BCUT2D eigenvalue weighted by Gasteiger charge is -2.25. The van der Waals surface area contributed by atoms with Crippen molar-refractivity contribution in [3.05, 3.63) is 46.3 Å². The molecule has 0 aliphatic carbocycles. The van der Waals surface area contributed by atoms with E-state index in [9.17, 15) is 14.7 Å². The van der Waals surface area contributed by atoms with Crippen LogP contribution in [-0.4, -0.2) is 40.5 Å². The van der Waals surface area contributed by atoms with Gasteiger partial charge in [0.05, 0.1) is 5.71 Å². The Morgan fingerprint density at radius 2 is 2.04 bits per heavy atom. The van der Waals surface area contributed by atoms with Crippen molar-refractivity contribution in [2.75, 3.05) is 6.54 Å². The summed E-state index contributed by atoms with van der Waals surface area (Å²) < 4.78 is 0. The van der Waals surface area contributed by atoms with Gasteiger partial charge in [-0.25, -0.2) is 0 Å². The molecule has 134 valence electrons. The van der Waals surface area contributed by atoms with Gasteiger partial charge in [-0.1, -0.05) is 25.1 Å². The molecule has 1 atom stereocenters. The van der Waals surface area contributed by atoms with Gasteiger partial charge in [-0.3, -0.25) is 14.6 Å². The maximum absolute atomic E-state index is 12.2. The van der Waals surface area contributed by atoms with E-state index < -0.39 is 18.4 Å². The molecular formula is C18H23N3O4. The number of carbonyl (C=O) groups is 2. The SMILES string of the molecule is CCC1N=C(Cc2cccc(C)c2C)C(O)=C(C(=O)NCC(=O)O)N1. The molecule has 7 heteroatoms. The number of nitrogens with zero attached hydrogens (tertiary/aromatic N) is 1. The molecule has 0 bridgehead atoms. The molecule has 4 N–H and O–H groups in total. The summed E-state index contributed by atoms with van der Waals surface area (Å²) in [6.07, 6.45) is 0.675. The second-order valence-electron chi connectivity index (χ2n) is 5.98. The number of hydrogen-bond donors (Lipinski definition) is 4. The lowest BCUT2D eigenvalue weighted by Crippen LogP contribution is -2.43. The number of aliphatic hydroxyl groups is 1. The minimum atomic E-state index is -1.15. The predicted molar refractivity (Wildman–Crippen MR) is 94.6 cm³/mol. The summed E-state index contributed by atoms with van der Waals surface area (Å²) >= 11 is 0. The fraction of sp³-hybridized carbons (Fsp3) is 0.389. The molecule has 1 unspecified atom stereocenters. The molecule has 25 heavy (non-hydrogen) atoms. The first-order valence-electron chi connectivity index (χ1n) is 8.15. The molecule has 0 spiro atoms. The lowest BCUT2D eigenvalue weighted by molar-refractivity contribution is -0.137. The second kappa shape index (κ2) is 7.83. The van der Waals surface area contributed by atoms with Gasteiger partial charge in [0.1, 0.15) is 18.4 Å². The molecule has 0 fully saturated rings. The molecule has 1 amide bonds. The highest BCUT2D eigenvalue weighted by Gasteiger charge is 2.27. The zero-order chi connectivity index (χ0) is 18.6. The molecule has 7 nitrogen and oxygen atoms in total. The van der Waals surface area contributed by atoms with E-state index in [0.717, 1.165) is 16.7 Å². The van der Waals surface area contributed by atoms with Crippen molar-refractivity contribution in [2.24, 2.45) is 4.99 Å². The zero-order valence-electron chi connectivity index (χ0n) is 14.6. The van der Waals surface area contributed by atoms with Gasteiger partial charge in [0.2, 0.25) is 0 Å². The van der Waals surface area contributed by atoms with Crippen molar-refractivity contribution < 1.29 is 19.8 Å². The first-order valence-corrected chi connectivity index (χ1v) is 8.15. The third-order valence-electron chi connectivity index (χ3n) is 4.22. The topological polar surface area (TPSA) is 111 Å². The minimum absolute atomic E-state index is 0.0385. The molecule has 0 aromatic heterocycles. The summed E-state index contributed by atoms with van der Waals surface area (Å²) in [6, 6.07) is 5.92. The van der Waals surface area contributed by atoms with Crippen LogP contribution >= 0.6 is 0 Å². The summed E-state index contributed by atoms with van der Waals surface area (Å²) in [7, 11) is 0. The van der Waals surface area contributed by atoms with E-state index >= 15 is 0 Å². The van der Waals surface area contributed by atoms with Crippen LogP contribution in [0.4, 0.5) is 0 Å². The number of rotatable bonds is 6. The van der Waals surface area contributed by atoms with Crippen LogP contribution in [0.5, 0.6) is 0 Å². The number of aryl methyl sites for hydroxylation is 1. The van der Waals surface area contributed by atoms with E-state index in [2.05, 4.69) is 15.6 Å². The zero-order valence-corrected chi connectivity index (χ0v) is 14.6. The molecule has 0 saturated carbocycles. The molecule has 1 aliphatic rings. The Kier molecular flexibility index (Phi) is 5.80. The van der Waals surface area contributed by atoms with E-state index in [4.69, 9.17) is 5.11 Å². The highest BCUT2D eigenvalue weighted by molar-refractivity contribution is 6.08. The number of amides is 1.